The predicted molar refractivity (Wildman–Crippen MR) is 71.0 cm³/mol. The van der Waals surface area contributed by atoms with Crippen molar-refractivity contribution in [3.63, 3.8) is 0 Å². The Balaban J connectivity index is 1.99. The second kappa shape index (κ2) is 6.14. The molecule has 1 unspecified atom stereocenters. The Kier molecular flexibility index (Phi) is 4.29. The van der Waals surface area contributed by atoms with E-state index >= 15 is 0 Å². The maximum absolute atomic E-state index is 11.8. The first-order chi connectivity index (χ1) is 9.63. The standard InChI is InChI=1S/C13H16N2O5/c1-18-10-5-3-4-9(6-10)15-8-11(20-13(15)17)7-14-12(16)19-2/h3-6,11H,7-8H2,1-2H3,(H,14,16). The lowest BCUT2D eigenvalue weighted by atomic mass is 10.2. The number of ether oxygens (including phenoxy) is 3. The average molecular weight is 280 g/mol. The molecule has 20 heavy (non-hydrogen) atoms. The van der Waals surface area contributed by atoms with E-state index in [9.17, 15) is 9.59 Å². The van der Waals surface area contributed by atoms with Gasteiger partial charge in [0.1, 0.15) is 11.9 Å². The van der Waals surface area contributed by atoms with Crippen LogP contribution in [0.15, 0.2) is 24.3 Å². The molecular formula is C13H16N2O5. The van der Waals surface area contributed by atoms with Crippen molar-refractivity contribution >= 4 is 17.9 Å². The first-order valence-corrected chi connectivity index (χ1v) is 6.08. The van der Waals surface area contributed by atoms with E-state index in [0.29, 0.717) is 18.0 Å². The summed E-state index contributed by atoms with van der Waals surface area (Å²) in [5, 5.41) is 2.50. The summed E-state index contributed by atoms with van der Waals surface area (Å²) in [6, 6.07) is 7.12. The smallest absolute Gasteiger partial charge is 0.414 e. The minimum atomic E-state index is -0.555. The number of anilines is 1. The third kappa shape index (κ3) is 3.11. The molecular weight excluding hydrogens is 264 g/mol. The molecule has 7 heteroatoms. The van der Waals surface area contributed by atoms with Crippen molar-refractivity contribution in [1.29, 1.82) is 0 Å². The van der Waals surface area contributed by atoms with E-state index in [1.807, 2.05) is 0 Å². The van der Waals surface area contributed by atoms with Gasteiger partial charge in [0.25, 0.3) is 0 Å². The molecule has 108 valence electrons. The van der Waals surface area contributed by atoms with Crippen LogP contribution in [-0.4, -0.2) is 45.6 Å². The lowest BCUT2D eigenvalue weighted by molar-refractivity contribution is 0.132. The molecule has 0 aromatic heterocycles. The van der Waals surface area contributed by atoms with Crippen LogP contribution >= 0.6 is 0 Å². The van der Waals surface area contributed by atoms with Gasteiger partial charge in [-0.1, -0.05) is 6.07 Å². The van der Waals surface area contributed by atoms with Gasteiger partial charge in [-0.15, -0.1) is 0 Å². The molecule has 0 aliphatic carbocycles. The van der Waals surface area contributed by atoms with Crippen molar-refractivity contribution in [2.24, 2.45) is 0 Å². The highest BCUT2D eigenvalue weighted by atomic mass is 16.6. The first-order valence-electron chi connectivity index (χ1n) is 6.08. The molecule has 1 atom stereocenters. The van der Waals surface area contributed by atoms with Gasteiger partial charge >= 0.3 is 12.2 Å². The van der Waals surface area contributed by atoms with Crippen LogP contribution < -0.4 is 15.0 Å². The molecule has 1 saturated heterocycles. The van der Waals surface area contributed by atoms with Gasteiger partial charge < -0.3 is 19.5 Å². The summed E-state index contributed by atoms with van der Waals surface area (Å²) in [5.41, 5.74) is 0.690. The van der Waals surface area contributed by atoms with E-state index in [2.05, 4.69) is 10.1 Å². The number of nitrogens with one attached hydrogen (secondary N) is 1. The molecule has 0 spiro atoms. The van der Waals surface area contributed by atoms with Crippen molar-refractivity contribution in [1.82, 2.24) is 5.32 Å². The molecule has 1 aliphatic heterocycles. The van der Waals surface area contributed by atoms with Crippen LogP contribution in [0.5, 0.6) is 5.75 Å². The van der Waals surface area contributed by atoms with Crippen LogP contribution in [0.4, 0.5) is 15.3 Å². The summed E-state index contributed by atoms with van der Waals surface area (Å²) in [7, 11) is 2.84. The van der Waals surface area contributed by atoms with Crippen LogP contribution in [0, 0.1) is 0 Å². The van der Waals surface area contributed by atoms with Crippen LogP contribution in [0.25, 0.3) is 0 Å². The molecule has 1 aromatic rings. The van der Waals surface area contributed by atoms with Gasteiger partial charge in [-0.25, -0.2) is 9.59 Å². The maximum atomic E-state index is 11.8. The fourth-order valence-corrected chi connectivity index (χ4v) is 1.89. The van der Waals surface area contributed by atoms with E-state index in [1.54, 1.807) is 31.4 Å². The highest BCUT2D eigenvalue weighted by molar-refractivity contribution is 5.90. The number of rotatable bonds is 4. The number of nitrogens with zero attached hydrogens (tertiary/aromatic N) is 1. The van der Waals surface area contributed by atoms with Crippen molar-refractivity contribution in [2.45, 2.75) is 6.10 Å². The summed E-state index contributed by atoms with van der Waals surface area (Å²) < 4.78 is 14.7. The number of alkyl carbamates (subject to hydrolysis) is 1. The van der Waals surface area contributed by atoms with Crippen molar-refractivity contribution in [3.8, 4) is 5.75 Å². The van der Waals surface area contributed by atoms with Gasteiger partial charge in [0.15, 0.2) is 0 Å². The summed E-state index contributed by atoms with van der Waals surface area (Å²) in [6.07, 6.45) is -1.41. The molecule has 1 aromatic carbocycles. The molecule has 0 radical (unpaired) electrons. The van der Waals surface area contributed by atoms with Crippen LogP contribution in [-0.2, 0) is 9.47 Å². The molecule has 1 fully saturated rings. The molecule has 7 nitrogen and oxygen atoms in total. The number of amides is 2. The molecule has 1 aliphatic rings. The van der Waals surface area contributed by atoms with Gasteiger partial charge in [0, 0.05) is 6.07 Å². The van der Waals surface area contributed by atoms with Gasteiger partial charge in [0.05, 0.1) is 33.0 Å². The van der Waals surface area contributed by atoms with Crippen molar-refractivity contribution < 1.29 is 23.8 Å². The number of carbonyl (C=O) groups excluding carboxylic acids is 2. The van der Waals surface area contributed by atoms with Gasteiger partial charge in [-0.2, -0.15) is 0 Å². The van der Waals surface area contributed by atoms with Gasteiger partial charge in [0.2, 0.25) is 0 Å². The molecule has 0 saturated carbocycles. The Morgan fingerprint density at radius 2 is 2.30 bits per heavy atom. The van der Waals surface area contributed by atoms with Crippen LogP contribution in [0.2, 0.25) is 0 Å². The fourth-order valence-electron chi connectivity index (χ4n) is 1.89. The summed E-state index contributed by atoms with van der Waals surface area (Å²) in [4.78, 5) is 24.3. The van der Waals surface area contributed by atoms with E-state index in [0.717, 1.165) is 0 Å². The molecule has 2 amide bonds. The molecule has 1 heterocycles. The number of carbonyl (C=O) groups is 2. The number of hydrogen-bond donors (Lipinski definition) is 1. The van der Waals surface area contributed by atoms with Crippen molar-refractivity contribution in [2.75, 3.05) is 32.2 Å². The zero-order chi connectivity index (χ0) is 14.5. The SMILES string of the molecule is COC(=O)NCC1CN(c2cccc(OC)c2)C(=O)O1. The second-order valence-corrected chi connectivity index (χ2v) is 4.19. The Hall–Kier alpha value is -2.44. The monoisotopic (exact) mass is 280 g/mol. The van der Waals surface area contributed by atoms with Crippen molar-refractivity contribution in [3.05, 3.63) is 24.3 Å². The molecule has 1 N–H and O–H groups in total. The minimum Gasteiger partial charge on any atom is -0.497 e. The zero-order valence-electron chi connectivity index (χ0n) is 11.3. The largest absolute Gasteiger partial charge is 0.497 e. The van der Waals surface area contributed by atoms with Gasteiger partial charge in [-0.3, -0.25) is 4.90 Å². The zero-order valence-corrected chi connectivity index (χ0v) is 11.3. The number of methoxy groups -OCH3 is 2. The third-order valence-corrected chi connectivity index (χ3v) is 2.90. The quantitative estimate of drug-likeness (QED) is 0.901. The van der Waals surface area contributed by atoms with E-state index in [1.165, 1.54) is 12.0 Å². The number of cyclic esters (lactones) is 1. The van der Waals surface area contributed by atoms with Crippen LogP contribution in [0.1, 0.15) is 0 Å². The van der Waals surface area contributed by atoms with E-state index in [4.69, 9.17) is 9.47 Å². The summed E-state index contributed by atoms with van der Waals surface area (Å²) >= 11 is 0. The highest BCUT2D eigenvalue weighted by Gasteiger charge is 2.32. The predicted octanol–water partition coefficient (Wildman–Crippen LogP) is 1.38. The Bertz CT molecular complexity index is 505. The maximum Gasteiger partial charge on any atom is 0.414 e. The Labute approximate surface area is 116 Å². The molecule has 0 bridgehead atoms. The normalized spacial score (nSPS) is 17.6. The van der Waals surface area contributed by atoms with Crippen LogP contribution in [0.3, 0.4) is 0 Å². The summed E-state index contributed by atoms with van der Waals surface area (Å²) in [6.45, 7) is 0.564. The van der Waals surface area contributed by atoms with Gasteiger partial charge in [-0.05, 0) is 12.1 Å². The highest BCUT2D eigenvalue weighted by Crippen LogP contribution is 2.25. The minimum absolute atomic E-state index is 0.207. The van der Waals surface area contributed by atoms with E-state index in [-0.39, 0.29) is 6.54 Å². The average Bonchev–Trinajstić information content (AvgIpc) is 2.86. The third-order valence-electron chi connectivity index (χ3n) is 2.90. The lowest BCUT2D eigenvalue weighted by Gasteiger charge is -2.13. The molecule has 2 rings (SSSR count). The first kappa shape index (κ1) is 14.0. The Morgan fingerprint density at radius 1 is 1.50 bits per heavy atom. The summed E-state index contributed by atoms with van der Waals surface area (Å²) in [5.74, 6) is 0.659. The topological polar surface area (TPSA) is 77.1 Å². The Morgan fingerprint density at radius 3 is 3.00 bits per heavy atom. The van der Waals surface area contributed by atoms with E-state index < -0.39 is 18.3 Å². The number of benzene rings is 1. The number of hydrogen-bond acceptors (Lipinski definition) is 5. The second-order valence-electron chi connectivity index (χ2n) is 4.19. The lowest BCUT2D eigenvalue weighted by Crippen LogP contribution is -2.34. The fraction of sp³-hybridized carbons (Fsp3) is 0.385.